The van der Waals surface area contributed by atoms with Crippen LogP contribution in [0.1, 0.15) is 30.4 Å². The molecule has 1 aromatic carbocycles. The molecular formula is C14H15ClO4. The summed E-state index contributed by atoms with van der Waals surface area (Å²) in [6.07, 6.45) is 2.38. The van der Waals surface area contributed by atoms with Gasteiger partial charge >= 0.3 is 5.97 Å². The summed E-state index contributed by atoms with van der Waals surface area (Å²) in [6, 6.07) is 5.11. The van der Waals surface area contributed by atoms with Crippen LogP contribution in [0.3, 0.4) is 0 Å². The molecule has 0 aliphatic heterocycles. The molecule has 0 radical (unpaired) electrons. The molecule has 1 unspecified atom stereocenters. The number of alkyl halides is 1. The normalized spacial score (nSPS) is 12.4. The number of hydrogen-bond donors (Lipinski definition) is 1. The number of aliphatic carboxylic acids is 1. The molecule has 0 aromatic heterocycles. The lowest BCUT2D eigenvalue weighted by Crippen LogP contribution is -2.05. The van der Waals surface area contributed by atoms with Crippen molar-refractivity contribution < 1.29 is 19.4 Å². The number of Topliss-reactive ketones (excluding diaryl/α,β-unsaturated/α-hetero) is 1. The Morgan fingerprint density at radius 1 is 1.47 bits per heavy atom. The summed E-state index contributed by atoms with van der Waals surface area (Å²) in [4.78, 5) is 22.0. The van der Waals surface area contributed by atoms with Crippen LogP contribution in [0.5, 0.6) is 5.75 Å². The van der Waals surface area contributed by atoms with Gasteiger partial charge in [0.2, 0.25) is 0 Å². The number of benzene rings is 1. The van der Waals surface area contributed by atoms with Gasteiger partial charge in [-0.15, -0.1) is 11.6 Å². The number of carbonyl (C=O) groups excluding carboxylic acids is 1. The van der Waals surface area contributed by atoms with Crippen LogP contribution in [-0.4, -0.2) is 23.5 Å². The van der Waals surface area contributed by atoms with Gasteiger partial charge in [0, 0.05) is 11.6 Å². The Morgan fingerprint density at radius 2 is 2.16 bits per heavy atom. The van der Waals surface area contributed by atoms with E-state index < -0.39 is 11.3 Å². The third kappa shape index (κ3) is 4.10. The van der Waals surface area contributed by atoms with Crippen molar-refractivity contribution in [2.24, 2.45) is 0 Å². The largest absolute Gasteiger partial charge is 0.493 e. The summed E-state index contributed by atoms with van der Waals surface area (Å²) >= 11 is 6.05. The first-order valence-corrected chi connectivity index (χ1v) is 6.22. The quantitative estimate of drug-likeness (QED) is 0.643. The van der Waals surface area contributed by atoms with Crippen molar-refractivity contribution in [3.05, 3.63) is 35.4 Å². The maximum absolute atomic E-state index is 11.4. The summed E-state index contributed by atoms with van der Waals surface area (Å²) < 4.78 is 5.43. The van der Waals surface area contributed by atoms with E-state index in [0.29, 0.717) is 23.5 Å². The molecule has 19 heavy (non-hydrogen) atoms. The Labute approximate surface area is 116 Å². The minimum Gasteiger partial charge on any atom is -0.493 e. The van der Waals surface area contributed by atoms with Crippen molar-refractivity contribution in [2.75, 3.05) is 6.61 Å². The molecule has 1 atom stereocenters. The number of ketones is 1. The first-order chi connectivity index (χ1) is 8.97. The molecule has 4 nitrogen and oxygen atoms in total. The van der Waals surface area contributed by atoms with Crippen molar-refractivity contribution in [2.45, 2.75) is 19.2 Å². The van der Waals surface area contributed by atoms with Gasteiger partial charge in [0.25, 0.3) is 0 Å². The SMILES string of the molecule is CCOc1cccc(C(Cl)C(C)=O)c1C=CC(=O)O. The zero-order valence-corrected chi connectivity index (χ0v) is 11.5. The summed E-state index contributed by atoms with van der Waals surface area (Å²) in [7, 11) is 0. The number of carbonyl (C=O) groups is 2. The molecule has 0 saturated carbocycles. The summed E-state index contributed by atoms with van der Waals surface area (Å²) in [6.45, 7) is 3.64. The van der Waals surface area contributed by atoms with Crippen LogP contribution >= 0.6 is 11.6 Å². The molecule has 1 aromatic rings. The zero-order chi connectivity index (χ0) is 14.4. The van der Waals surface area contributed by atoms with Crippen molar-refractivity contribution in [3.63, 3.8) is 0 Å². The van der Waals surface area contributed by atoms with E-state index in [9.17, 15) is 9.59 Å². The van der Waals surface area contributed by atoms with Gasteiger partial charge in [-0.05, 0) is 31.6 Å². The Morgan fingerprint density at radius 3 is 2.68 bits per heavy atom. The van der Waals surface area contributed by atoms with Crippen LogP contribution < -0.4 is 4.74 Å². The minimum atomic E-state index is -1.08. The van der Waals surface area contributed by atoms with Gasteiger partial charge in [0.1, 0.15) is 11.1 Å². The predicted molar refractivity (Wildman–Crippen MR) is 73.6 cm³/mol. The van der Waals surface area contributed by atoms with Gasteiger partial charge in [0.05, 0.1) is 6.61 Å². The second-order valence-electron chi connectivity index (χ2n) is 3.84. The molecule has 0 aliphatic rings. The fourth-order valence-electron chi connectivity index (χ4n) is 1.62. The van der Waals surface area contributed by atoms with Crippen molar-refractivity contribution >= 4 is 29.4 Å². The maximum atomic E-state index is 11.4. The average Bonchev–Trinajstić information content (AvgIpc) is 2.36. The van der Waals surface area contributed by atoms with Gasteiger partial charge in [-0.3, -0.25) is 4.79 Å². The van der Waals surface area contributed by atoms with E-state index >= 15 is 0 Å². The van der Waals surface area contributed by atoms with Crippen LogP contribution in [0.4, 0.5) is 0 Å². The lowest BCUT2D eigenvalue weighted by Gasteiger charge is -2.14. The number of carboxylic acid groups (broad SMARTS) is 1. The first-order valence-electron chi connectivity index (χ1n) is 5.78. The van der Waals surface area contributed by atoms with Gasteiger partial charge < -0.3 is 9.84 Å². The standard InChI is InChI=1S/C14H15ClO4/c1-3-19-12-6-4-5-11(14(15)9(2)16)10(12)7-8-13(17)18/h4-8,14H,3H2,1-2H3,(H,17,18). The van der Waals surface area contributed by atoms with Crippen molar-refractivity contribution in [1.82, 2.24) is 0 Å². The molecule has 1 N–H and O–H groups in total. The highest BCUT2D eigenvalue weighted by Gasteiger charge is 2.18. The lowest BCUT2D eigenvalue weighted by molar-refractivity contribution is -0.131. The fourth-order valence-corrected chi connectivity index (χ4v) is 1.81. The smallest absolute Gasteiger partial charge is 0.328 e. The summed E-state index contributed by atoms with van der Waals surface area (Å²) in [5.41, 5.74) is 1.06. The molecule has 0 aliphatic carbocycles. The zero-order valence-electron chi connectivity index (χ0n) is 10.7. The number of ether oxygens (including phenoxy) is 1. The van der Waals surface area contributed by atoms with Crippen LogP contribution in [0.15, 0.2) is 24.3 Å². The molecule has 0 amide bonds. The predicted octanol–water partition coefficient (Wildman–Crippen LogP) is 3.05. The van der Waals surface area contributed by atoms with Crippen LogP contribution in [-0.2, 0) is 9.59 Å². The van der Waals surface area contributed by atoms with Crippen molar-refractivity contribution in [1.29, 1.82) is 0 Å². The molecule has 0 saturated heterocycles. The molecule has 0 spiro atoms. The fraction of sp³-hybridized carbons (Fsp3) is 0.286. The second-order valence-corrected chi connectivity index (χ2v) is 4.27. The summed E-state index contributed by atoms with van der Waals surface area (Å²) in [5, 5.41) is 7.88. The van der Waals surface area contributed by atoms with E-state index in [0.717, 1.165) is 6.08 Å². The Bertz CT molecular complexity index is 508. The third-order valence-electron chi connectivity index (χ3n) is 2.42. The molecule has 102 valence electrons. The molecular weight excluding hydrogens is 268 g/mol. The monoisotopic (exact) mass is 282 g/mol. The van der Waals surface area contributed by atoms with E-state index in [2.05, 4.69) is 0 Å². The van der Waals surface area contributed by atoms with E-state index in [-0.39, 0.29) is 5.78 Å². The number of halogens is 1. The van der Waals surface area contributed by atoms with E-state index in [1.807, 2.05) is 6.92 Å². The molecule has 5 heteroatoms. The van der Waals surface area contributed by atoms with Crippen molar-refractivity contribution in [3.8, 4) is 5.75 Å². The Hall–Kier alpha value is -1.81. The number of hydrogen-bond acceptors (Lipinski definition) is 3. The van der Waals surface area contributed by atoms with Gasteiger partial charge in [-0.1, -0.05) is 12.1 Å². The maximum Gasteiger partial charge on any atom is 0.328 e. The topological polar surface area (TPSA) is 63.6 Å². The van der Waals surface area contributed by atoms with Gasteiger partial charge in [0.15, 0.2) is 5.78 Å². The van der Waals surface area contributed by atoms with Crippen LogP contribution in [0.2, 0.25) is 0 Å². The first kappa shape index (κ1) is 15.2. The third-order valence-corrected chi connectivity index (χ3v) is 2.96. The van der Waals surface area contributed by atoms with Gasteiger partial charge in [-0.2, -0.15) is 0 Å². The summed E-state index contributed by atoms with van der Waals surface area (Å²) in [5.74, 6) is -0.782. The van der Waals surface area contributed by atoms with Crippen LogP contribution in [0, 0.1) is 0 Å². The highest BCUT2D eigenvalue weighted by molar-refractivity contribution is 6.31. The number of rotatable bonds is 6. The molecule has 1 rings (SSSR count). The number of carboxylic acids is 1. The molecule has 0 heterocycles. The van der Waals surface area contributed by atoms with Gasteiger partial charge in [-0.25, -0.2) is 4.79 Å². The molecule has 0 fully saturated rings. The van der Waals surface area contributed by atoms with Crippen LogP contribution in [0.25, 0.3) is 6.08 Å². The van der Waals surface area contributed by atoms with E-state index in [1.165, 1.54) is 13.0 Å². The Kier molecular flexibility index (Phi) is 5.57. The highest BCUT2D eigenvalue weighted by Crippen LogP contribution is 2.32. The Balaban J connectivity index is 3.32. The average molecular weight is 283 g/mol. The lowest BCUT2D eigenvalue weighted by atomic mass is 10.0. The minimum absolute atomic E-state index is 0.208. The molecule has 0 bridgehead atoms. The highest BCUT2D eigenvalue weighted by atomic mass is 35.5. The second kappa shape index (κ2) is 6.95. The van der Waals surface area contributed by atoms with E-state index in [1.54, 1.807) is 18.2 Å². The van der Waals surface area contributed by atoms with E-state index in [4.69, 9.17) is 21.4 Å².